The summed E-state index contributed by atoms with van der Waals surface area (Å²) in [4.78, 5) is 22.1. The molecule has 0 bridgehead atoms. The zero-order valence-electron chi connectivity index (χ0n) is 10.6. The first-order chi connectivity index (χ1) is 9.49. The Morgan fingerprint density at radius 2 is 2.20 bits per heavy atom. The monoisotopic (exact) mass is 294 g/mol. The second kappa shape index (κ2) is 5.75. The van der Waals surface area contributed by atoms with E-state index in [0.717, 1.165) is 0 Å². The first-order valence-corrected chi connectivity index (χ1v) is 6.07. The van der Waals surface area contributed by atoms with Gasteiger partial charge in [-0.2, -0.15) is 0 Å². The first kappa shape index (κ1) is 14.1. The summed E-state index contributed by atoms with van der Waals surface area (Å²) in [5.41, 5.74) is 0.209. The molecule has 104 valence electrons. The maximum absolute atomic E-state index is 11.9. The Morgan fingerprint density at radius 1 is 1.45 bits per heavy atom. The number of benzene rings is 1. The average molecular weight is 295 g/mol. The molecule has 6 nitrogen and oxygen atoms in total. The largest absolute Gasteiger partial charge is 0.477 e. The lowest BCUT2D eigenvalue weighted by Crippen LogP contribution is -2.12. The van der Waals surface area contributed by atoms with Crippen LogP contribution in [-0.2, 0) is 7.05 Å². The fraction of sp³-hybridized carbons (Fsp3) is 0.154. The molecule has 0 amide bonds. The van der Waals surface area contributed by atoms with Crippen LogP contribution >= 0.6 is 11.6 Å². The van der Waals surface area contributed by atoms with Crippen molar-refractivity contribution < 1.29 is 14.5 Å². The molecule has 2 aromatic rings. The van der Waals surface area contributed by atoms with Crippen molar-refractivity contribution in [2.75, 3.05) is 6.61 Å². The molecule has 0 N–H and O–H groups in total. The Morgan fingerprint density at radius 3 is 2.80 bits per heavy atom. The first-order valence-electron chi connectivity index (χ1n) is 5.70. The van der Waals surface area contributed by atoms with Crippen LogP contribution in [-0.4, -0.2) is 21.9 Å². The number of halogens is 1. The van der Waals surface area contributed by atoms with Crippen LogP contribution in [0, 0.1) is 10.1 Å². The third-order valence-electron chi connectivity index (χ3n) is 2.64. The van der Waals surface area contributed by atoms with Crippen LogP contribution in [0.4, 0.5) is 5.69 Å². The summed E-state index contributed by atoms with van der Waals surface area (Å²) < 4.78 is 6.95. The molecule has 0 aliphatic carbocycles. The van der Waals surface area contributed by atoms with E-state index in [1.54, 1.807) is 30.1 Å². The van der Waals surface area contributed by atoms with E-state index in [-0.39, 0.29) is 28.8 Å². The summed E-state index contributed by atoms with van der Waals surface area (Å²) in [7, 11) is 1.79. The number of nitrogens with zero attached hydrogens (tertiary/aromatic N) is 2. The zero-order valence-corrected chi connectivity index (χ0v) is 11.3. The molecule has 1 aromatic heterocycles. The number of hydrogen-bond acceptors (Lipinski definition) is 4. The molecule has 0 spiro atoms. The van der Waals surface area contributed by atoms with Gasteiger partial charge in [-0.3, -0.25) is 14.9 Å². The van der Waals surface area contributed by atoms with Gasteiger partial charge in [0.1, 0.15) is 0 Å². The van der Waals surface area contributed by atoms with E-state index in [1.807, 2.05) is 0 Å². The maximum atomic E-state index is 11.9. The molecule has 1 aromatic carbocycles. The van der Waals surface area contributed by atoms with Crippen molar-refractivity contribution in [3.8, 4) is 5.75 Å². The summed E-state index contributed by atoms with van der Waals surface area (Å²) in [6.45, 7) is -0.311. The van der Waals surface area contributed by atoms with Crippen molar-refractivity contribution in [1.29, 1.82) is 0 Å². The van der Waals surface area contributed by atoms with Gasteiger partial charge in [0, 0.05) is 31.1 Å². The number of rotatable bonds is 5. The van der Waals surface area contributed by atoms with Gasteiger partial charge in [0.2, 0.25) is 11.5 Å². The van der Waals surface area contributed by atoms with Gasteiger partial charge in [-0.05, 0) is 12.1 Å². The van der Waals surface area contributed by atoms with Crippen LogP contribution < -0.4 is 4.74 Å². The highest BCUT2D eigenvalue weighted by Crippen LogP contribution is 2.34. The zero-order chi connectivity index (χ0) is 14.7. The predicted octanol–water partition coefficient (Wildman–Crippen LogP) is 2.85. The fourth-order valence-electron chi connectivity index (χ4n) is 1.67. The third kappa shape index (κ3) is 2.97. The van der Waals surface area contributed by atoms with Gasteiger partial charge in [0.05, 0.1) is 9.95 Å². The molecule has 7 heteroatoms. The minimum Gasteiger partial charge on any atom is -0.477 e. The van der Waals surface area contributed by atoms with Gasteiger partial charge in [-0.25, -0.2) is 0 Å². The lowest BCUT2D eigenvalue weighted by molar-refractivity contribution is -0.385. The Bertz CT molecular complexity index is 666. The summed E-state index contributed by atoms with van der Waals surface area (Å²) in [5.74, 6) is -0.372. The molecule has 0 radical (unpaired) electrons. The number of ketones is 1. The summed E-state index contributed by atoms with van der Waals surface area (Å²) >= 11 is 5.86. The number of aryl methyl sites for hydroxylation is 1. The van der Waals surface area contributed by atoms with Crippen LogP contribution in [0.5, 0.6) is 5.75 Å². The normalized spacial score (nSPS) is 10.3. The molecule has 0 fully saturated rings. The van der Waals surface area contributed by atoms with E-state index in [9.17, 15) is 14.9 Å². The summed E-state index contributed by atoms with van der Waals surface area (Å²) in [6.07, 6.45) is 3.37. The second-order valence-electron chi connectivity index (χ2n) is 4.12. The Hall–Kier alpha value is -2.34. The van der Waals surface area contributed by atoms with E-state index in [4.69, 9.17) is 16.3 Å². The molecule has 2 rings (SSSR count). The van der Waals surface area contributed by atoms with Gasteiger partial charge < -0.3 is 9.30 Å². The number of nitro benzene ring substituents is 1. The summed E-state index contributed by atoms with van der Waals surface area (Å²) in [6, 6.07) is 5.84. The topological polar surface area (TPSA) is 74.4 Å². The minimum atomic E-state index is -0.603. The highest BCUT2D eigenvalue weighted by atomic mass is 35.5. The number of Topliss-reactive ketones (excluding diaryl/α,β-unsaturated/α-hetero) is 1. The third-order valence-corrected chi connectivity index (χ3v) is 2.94. The van der Waals surface area contributed by atoms with E-state index in [0.29, 0.717) is 5.56 Å². The molecule has 0 aliphatic rings. The van der Waals surface area contributed by atoms with Crippen molar-refractivity contribution in [3.63, 3.8) is 0 Å². The number of aromatic nitrogens is 1. The Labute approximate surface area is 119 Å². The van der Waals surface area contributed by atoms with Gasteiger partial charge in [-0.15, -0.1) is 0 Å². The van der Waals surface area contributed by atoms with Crippen molar-refractivity contribution in [3.05, 3.63) is 57.4 Å². The smallest absolute Gasteiger partial charge is 0.312 e. The molecule has 1 heterocycles. The molecule has 20 heavy (non-hydrogen) atoms. The number of carbonyl (C=O) groups is 1. The molecule has 0 atom stereocenters. The predicted molar refractivity (Wildman–Crippen MR) is 73.3 cm³/mol. The van der Waals surface area contributed by atoms with Crippen LogP contribution in [0.15, 0.2) is 36.7 Å². The minimum absolute atomic E-state index is 0.0940. The van der Waals surface area contributed by atoms with Crippen LogP contribution in [0.1, 0.15) is 10.4 Å². The molecule has 0 saturated carbocycles. The molecular weight excluding hydrogens is 284 g/mol. The fourth-order valence-corrected chi connectivity index (χ4v) is 1.90. The van der Waals surface area contributed by atoms with Crippen molar-refractivity contribution in [2.24, 2.45) is 7.05 Å². The molecular formula is C13H11ClN2O4. The number of para-hydroxylation sites is 1. The van der Waals surface area contributed by atoms with Crippen LogP contribution in [0.25, 0.3) is 0 Å². The van der Waals surface area contributed by atoms with Gasteiger partial charge in [-0.1, -0.05) is 17.7 Å². The van der Waals surface area contributed by atoms with Crippen LogP contribution in [0.3, 0.4) is 0 Å². The van der Waals surface area contributed by atoms with Gasteiger partial charge in [0.15, 0.2) is 6.61 Å². The van der Waals surface area contributed by atoms with E-state index in [2.05, 4.69) is 0 Å². The van der Waals surface area contributed by atoms with E-state index < -0.39 is 4.92 Å². The molecule has 0 aliphatic heterocycles. The lowest BCUT2D eigenvalue weighted by Gasteiger charge is -2.07. The maximum Gasteiger partial charge on any atom is 0.312 e. The van der Waals surface area contributed by atoms with Gasteiger partial charge in [0.25, 0.3) is 0 Å². The number of ether oxygens (including phenoxy) is 1. The Balaban J connectivity index is 2.15. The second-order valence-corrected chi connectivity index (χ2v) is 4.53. The van der Waals surface area contributed by atoms with E-state index >= 15 is 0 Å². The summed E-state index contributed by atoms with van der Waals surface area (Å²) in [5, 5.41) is 11.0. The SMILES string of the molecule is Cn1ccc(C(=O)COc2c(Cl)cccc2[N+](=O)[O-])c1. The molecule has 0 saturated heterocycles. The average Bonchev–Trinajstić information content (AvgIpc) is 2.83. The lowest BCUT2D eigenvalue weighted by atomic mass is 10.2. The highest BCUT2D eigenvalue weighted by Gasteiger charge is 2.19. The quantitative estimate of drug-likeness (QED) is 0.483. The van der Waals surface area contributed by atoms with Crippen molar-refractivity contribution in [2.45, 2.75) is 0 Å². The van der Waals surface area contributed by atoms with Crippen LogP contribution in [0.2, 0.25) is 5.02 Å². The van der Waals surface area contributed by atoms with Crippen molar-refractivity contribution in [1.82, 2.24) is 4.57 Å². The van der Waals surface area contributed by atoms with E-state index in [1.165, 1.54) is 18.2 Å². The standard InChI is InChI=1S/C13H11ClN2O4/c1-15-6-5-9(7-15)12(17)8-20-13-10(14)3-2-4-11(13)16(18)19/h2-7H,8H2,1H3. The number of hydrogen-bond donors (Lipinski definition) is 0. The number of nitro groups is 1. The molecule has 0 unspecified atom stereocenters. The Kier molecular flexibility index (Phi) is 4.05. The highest BCUT2D eigenvalue weighted by molar-refractivity contribution is 6.32. The number of carbonyl (C=O) groups excluding carboxylic acids is 1. The van der Waals surface area contributed by atoms with Gasteiger partial charge >= 0.3 is 5.69 Å². The van der Waals surface area contributed by atoms with Crippen molar-refractivity contribution >= 4 is 23.1 Å².